The van der Waals surface area contributed by atoms with Crippen molar-refractivity contribution in [3.63, 3.8) is 0 Å². The standard InChI is InChI=1S/C23H27N3O4/c27-22(16-18-4-2-1-3-5-18)25-10-8-20(9-11-25)30-21-7-6-19(17-24-21)23(28)26-12-14-29-15-13-26/h1-7,17,20H,8-16H2. The highest BCUT2D eigenvalue weighted by Gasteiger charge is 2.24. The third kappa shape index (κ3) is 5.16. The predicted octanol–water partition coefficient (Wildman–Crippen LogP) is 2.17. The van der Waals surface area contributed by atoms with Crippen LogP contribution in [-0.2, 0) is 16.0 Å². The molecule has 2 aliphatic rings. The summed E-state index contributed by atoms with van der Waals surface area (Å²) in [5.74, 6) is 0.647. The van der Waals surface area contributed by atoms with Crippen LogP contribution in [0.3, 0.4) is 0 Å². The average Bonchev–Trinajstić information content (AvgIpc) is 2.81. The molecule has 2 aromatic rings. The molecule has 0 aliphatic carbocycles. The third-order valence-electron chi connectivity index (χ3n) is 5.56. The summed E-state index contributed by atoms with van der Waals surface area (Å²) in [7, 11) is 0. The van der Waals surface area contributed by atoms with Gasteiger partial charge in [-0.2, -0.15) is 0 Å². The van der Waals surface area contributed by atoms with Gasteiger partial charge in [-0.1, -0.05) is 30.3 Å². The molecule has 2 aliphatic heterocycles. The molecule has 7 heteroatoms. The molecule has 0 unspecified atom stereocenters. The summed E-state index contributed by atoms with van der Waals surface area (Å²) in [6, 6.07) is 13.3. The number of piperidine rings is 1. The van der Waals surface area contributed by atoms with E-state index in [9.17, 15) is 9.59 Å². The van der Waals surface area contributed by atoms with Crippen LogP contribution in [0.25, 0.3) is 0 Å². The quantitative estimate of drug-likeness (QED) is 0.757. The van der Waals surface area contributed by atoms with Crippen LogP contribution in [0.4, 0.5) is 0 Å². The topological polar surface area (TPSA) is 72.0 Å². The third-order valence-corrected chi connectivity index (χ3v) is 5.56. The summed E-state index contributed by atoms with van der Waals surface area (Å²) in [6.45, 7) is 3.74. The van der Waals surface area contributed by atoms with Gasteiger partial charge < -0.3 is 19.3 Å². The van der Waals surface area contributed by atoms with Crippen LogP contribution in [0.1, 0.15) is 28.8 Å². The second kappa shape index (κ2) is 9.71. The highest BCUT2D eigenvalue weighted by Crippen LogP contribution is 2.19. The van der Waals surface area contributed by atoms with E-state index in [1.165, 1.54) is 0 Å². The number of pyridine rings is 1. The molecule has 0 spiro atoms. The van der Waals surface area contributed by atoms with Gasteiger partial charge in [0.15, 0.2) is 0 Å². The molecule has 4 rings (SSSR count). The number of benzene rings is 1. The fraction of sp³-hybridized carbons (Fsp3) is 0.435. The smallest absolute Gasteiger partial charge is 0.255 e. The van der Waals surface area contributed by atoms with Gasteiger partial charge in [0.1, 0.15) is 6.10 Å². The number of likely N-dealkylation sites (tertiary alicyclic amines) is 1. The van der Waals surface area contributed by atoms with E-state index in [2.05, 4.69) is 4.98 Å². The minimum Gasteiger partial charge on any atom is -0.474 e. The predicted molar refractivity (Wildman–Crippen MR) is 111 cm³/mol. The maximum Gasteiger partial charge on any atom is 0.255 e. The van der Waals surface area contributed by atoms with E-state index in [1.807, 2.05) is 35.2 Å². The molecule has 1 aromatic heterocycles. The number of ether oxygens (including phenoxy) is 2. The monoisotopic (exact) mass is 409 g/mol. The number of nitrogens with zero attached hydrogens (tertiary/aromatic N) is 3. The van der Waals surface area contributed by atoms with Crippen LogP contribution in [0.2, 0.25) is 0 Å². The number of hydrogen-bond donors (Lipinski definition) is 0. The first-order valence-corrected chi connectivity index (χ1v) is 10.5. The van der Waals surface area contributed by atoms with Crippen molar-refractivity contribution in [1.82, 2.24) is 14.8 Å². The molecule has 0 N–H and O–H groups in total. The molecular formula is C23H27N3O4. The fourth-order valence-electron chi connectivity index (χ4n) is 3.80. The Balaban J connectivity index is 1.24. The highest BCUT2D eigenvalue weighted by atomic mass is 16.5. The summed E-state index contributed by atoms with van der Waals surface area (Å²) in [5.41, 5.74) is 1.60. The Kier molecular flexibility index (Phi) is 6.59. The van der Waals surface area contributed by atoms with Crippen LogP contribution in [0, 0.1) is 0 Å². The Morgan fingerprint density at radius 2 is 1.70 bits per heavy atom. The molecule has 2 saturated heterocycles. The Hall–Kier alpha value is -2.93. The first kappa shape index (κ1) is 20.3. The number of carbonyl (C=O) groups is 2. The average molecular weight is 409 g/mol. The lowest BCUT2D eigenvalue weighted by molar-refractivity contribution is -0.132. The zero-order valence-corrected chi connectivity index (χ0v) is 17.0. The van der Waals surface area contributed by atoms with Crippen molar-refractivity contribution >= 4 is 11.8 Å². The van der Waals surface area contributed by atoms with E-state index in [-0.39, 0.29) is 17.9 Å². The van der Waals surface area contributed by atoms with E-state index < -0.39 is 0 Å². The number of aromatic nitrogens is 1. The van der Waals surface area contributed by atoms with Crippen molar-refractivity contribution in [2.24, 2.45) is 0 Å². The van der Waals surface area contributed by atoms with Gasteiger partial charge in [-0.25, -0.2) is 4.98 Å². The SMILES string of the molecule is O=C(Cc1ccccc1)N1CCC(Oc2ccc(C(=O)N3CCOCC3)cn2)CC1. The van der Waals surface area contributed by atoms with E-state index in [0.29, 0.717) is 57.3 Å². The molecule has 1 aromatic carbocycles. The van der Waals surface area contributed by atoms with E-state index >= 15 is 0 Å². The summed E-state index contributed by atoms with van der Waals surface area (Å²) in [4.78, 5) is 33.0. The van der Waals surface area contributed by atoms with Crippen molar-refractivity contribution in [1.29, 1.82) is 0 Å². The van der Waals surface area contributed by atoms with Gasteiger partial charge in [-0.15, -0.1) is 0 Å². The molecule has 3 heterocycles. The second-order valence-electron chi connectivity index (χ2n) is 7.65. The summed E-state index contributed by atoms with van der Waals surface area (Å²) in [5, 5.41) is 0. The van der Waals surface area contributed by atoms with E-state index in [4.69, 9.17) is 9.47 Å². The molecular weight excluding hydrogens is 382 g/mol. The first-order chi connectivity index (χ1) is 14.7. The molecule has 30 heavy (non-hydrogen) atoms. The zero-order valence-electron chi connectivity index (χ0n) is 17.0. The lowest BCUT2D eigenvalue weighted by Gasteiger charge is -2.32. The lowest BCUT2D eigenvalue weighted by Crippen LogP contribution is -2.42. The van der Waals surface area contributed by atoms with Gasteiger partial charge in [0.25, 0.3) is 5.91 Å². The molecule has 2 fully saturated rings. The number of morpholine rings is 1. The molecule has 0 saturated carbocycles. The minimum atomic E-state index is -0.0254. The zero-order chi connectivity index (χ0) is 20.8. The highest BCUT2D eigenvalue weighted by molar-refractivity contribution is 5.94. The summed E-state index contributed by atoms with van der Waals surface area (Å²) < 4.78 is 11.3. The van der Waals surface area contributed by atoms with Gasteiger partial charge in [-0.05, 0) is 11.6 Å². The maximum atomic E-state index is 12.5. The van der Waals surface area contributed by atoms with E-state index in [1.54, 1.807) is 23.2 Å². The lowest BCUT2D eigenvalue weighted by atomic mass is 10.1. The van der Waals surface area contributed by atoms with Crippen LogP contribution in [0.15, 0.2) is 48.7 Å². The number of hydrogen-bond acceptors (Lipinski definition) is 5. The van der Waals surface area contributed by atoms with Crippen LogP contribution >= 0.6 is 0 Å². The summed E-state index contributed by atoms with van der Waals surface area (Å²) >= 11 is 0. The maximum absolute atomic E-state index is 12.5. The van der Waals surface area contributed by atoms with Crippen molar-refractivity contribution in [2.45, 2.75) is 25.4 Å². The Morgan fingerprint density at radius 1 is 0.967 bits per heavy atom. The Morgan fingerprint density at radius 3 is 2.37 bits per heavy atom. The van der Waals surface area contributed by atoms with Gasteiger partial charge >= 0.3 is 0 Å². The fourth-order valence-corrected chi connectivity index (χ4v) is 3.80. The second-order valence-corrected chi connectivity index (χ2v) is 7.65. The number of amides is 2. The first-order valence-electron chi connectivity index (χ1n) is 10.5. The largest absolute Gasteiger partial charge is 0.474 e. The molecule has 158 valence electrons. The molecule has 0 bridgehead atoms. The van der Waals surface area contributed by atoms with Crippen LogP contribution < -0.4 is 4.74 Å². The van der Waals surface area contributed by atoms with Gasteiger partial charge in [0.05, 0.1) is 25.2 Å². The molecule has 0 atom stereocenters. The van der Waals surface area contributed by atoms with Crippen molar-refractivity contribution < 1.29 is 19.1 Å². The van der Waals surface area contributed by atoms with Crippen molar-refractivity contribution in [3.05, 3.63) is 59.8 Å². The van der Waals surface area contributed by atoms with Crippen molar-refractivity contribution in [2.75, 3.05) is 39.4 Å². The van der Waals surface area contributed by atoms with Gasteiger partial charge in [-0.3, -0.25) is 9.59 Å². The van der Waals surface area contributed by atoms with E-state index in [0.717, 1.165) is 18.4 Å². The van der Waals surface area contributed by atoms with Crippen LogP contribution in [0.5, 0.6) is 5.88 Å². The molecule has 0 radical (unpaired) electrons. The normalized spacial score (nSPS) is 17.6. The molecule has 7 nitrogen and oxygen atoms in total. The Bertz CT molecular complexity index is 843. The van der Waals surface area contributed by atoms with Crippen molar-refractivity contribution in [3.8, 4) is 5.88 Å². The number of carbonyl (C=O) groups excluding carboxylic acids is 2. The number of rotatable bonds is 5. The summed E-state index contributed by atoms with van der Waals surface area (Å²) in [6.07, 6.45) is 3.59. The minimum absolute atomic E-state index is 0.0254. The van der Waals surface area contributed by atoms with Gasteiger partial charge in [0, 0.05) is 51.3 Å². The Labute approximate surface area is 176 Å². The molecule has 2 amide bonds. The van der Waals surface area contributed by atoms with Gasteiger partial charge in [0.2, 0.25) is 11.8 Å². The van der Waals surface area contributed by atoms with Crippen LogP contribution in [-0.4, -0.2) is 72.1 Å².